The van der Waals surface area contributed by atoms with E-state index in [1.54, 1.807) is 13.2 Å². The molecule has 0 saturated heterocycles. The molecule has 96 valence electrons. The van der Waals surface area contributed by atoms with Crippen molar-refractivity contribution in [3.05, 3.63) is 35.5 Å². The molecule has 5 heteroatoms. The fourth-order valence-electron chi connectivity index (χ4n) is 1.91. The summed E-state index contributed by atoms with van der Waals surface area (Å²) < 4.78 is 10.6. The number of hydrogen-bond donors (Lipinski definition) is 1. The van der Waals surface area contributed by atoms with Crippen LogP contribution in [-0.2, 0) is 0 Å². The fraction of sp³-hybridized carbons (Fsp3) is 0.385. The first kappa shape index (κ1) is 12.4. The highest BCUT2D eigenvalue weighted by Crippen LogP contribution is 2.24. The van der Waals surface area contributed by atoms with Crippen LogP contribution in [0.2, 0.25) is 0 Å². The number of aromatic nitrogens is 2. The SMILES string of the molecule is COc1cc(NC(C)c2cc(C)oc2C)ncn1. The van der Waals surface area contributed by atoms with Gasteiger partial charge in [-0.1, -0.05) is 0 Å². The van der Waals surface area contributed by atoms with Crippen molar-refractivity contribution in [3.8, 4) is 5.88 Å². The largest absolute Gasteiger partial charge is 0.481 e. The van der Waals surface area contributed by atoms with Crippen LogP contribution in [0.15, 0.2) is 22.9 Å². The summed E-state index contributed by atoms with van der Waals surface area (Å²) in [5.41, 5.74) is 1.13. The van der Waals surface area contributed by atoms with E-state index in [0.717, 1.165) is 22.9 Å². The molecule has 0 fully saturated rings. The Morgan fingerprint density at radius 2 is 2.06 bits per heavy atom. The van der Waals surface area contributed by atoms with Crippen molar-refractivity contribution in [2.24, 2.45) is 0 Å². The lowest BCUT2D eigenvalue weighted by molar-refractivity contribution is 0.397. The average Bonchev–Trinajstić information content (AvgIpc) is 2.69. The summed E-state index contributed by atoms with van der Waals surface area (Å²) in [6, 6.07) is 3.91. The van der Waals surface area contributed by atoms with Gasteiger partial charge in [-0.05, 0) is 26.8 Å². The van der Waals surface area contributed by atoms with Gasteiger partial charge in [0.1, 0.15) is 23.7 Å². The third-order valence-electron chi connectivity index (χ3n) is 2.76. The second kappa shape index (κ2) is 5.08. The molecule has 1 N–H and O–H groups in total. The maximum atomic E-state index is 5.52. The van der Waals surface area contributed by atoms with Crippen LogP contribution in [0.25, 0.3) is 0 Å². The van der Waals surface area contributed by atoms with Crippen LogP contribution in [0, 0.1) is 13.8 Å². The lowest BCUT2D eigenvalue weighted by Gasteiger charge is -2.13. The molecule has 0 amide bonds. The predicted octanol–water partition coefficient (Wildman–Crippen LogP) is 2.87. The van der Waals surface area contributed by atoms with Crippen molar-refractivity contribution < 1.29 is 9.15 Å². The first-order valence-electron chi connectivity index (χ1n) is 5.79. The molecule has 0 aliphatic carbocycles. The Labute approximate surface area is 106 Å². The molecule has 1 atom stereocenters. The molecule has 0 aromatic carbocycles. The Morgan fingerprint density at radius 3 is 2.67 bits per heavy atom. The molecule has 5 nitrogen and oxygen atoms in total. The highest BCUT2D eigenvalue weighted by molar-refractivity contribution is 5.41. The van der Waals surface area contributed by atoms with Crippen molar-refractivity contribution in [1.82, 2.24) is 9.97 Å². The van der Waals surface area contributed by atoms with Crippen LogP contribution in [0.4, 0.5) is 5.82 Å². The minimum atomic E-state index is 0.113. The molecule has 0 aliphatic heterocycles. The van der Waals surface area contributed by atoms with E-state index in [4.69, 9.17) is 9.15 Å². The normalized spacial score (nSPS) is 12.2. The predicted molar refractivity (Wildman–Crippen MR) is 68.8 cm³/mol. The Balaban J connectivity index is 2.15. The highest BCUT2D eigenvalue weighted by atomic mass is 16.5. The maximum Gasteiger partial charge on any atom is 0.218 e. The van der Waals surface area contributed by atoms with Gasteiger partial charge in [-0.3, -0.25) is 0 Å². The van der Waals surface area contributed by atoms with Gasteiger partial charge in [0.2, 0.25) is 5.88 Å². The standard InChI is InChI=1S/C13H17N3O2/c1-8-5-11(10(3)18-8)9(2)16-12-6-13(17-4)15-7-14-12/h5-7,9H,1-4H3,(H,14,15,16). The molecule has 0 spiro atoms. The number of rotatable bonds is 4. The van der Waals surface area contributed by atoms with Gasteiger partial charge in [0.15, 0.2) is 0 Å². The summed E-state index contributed by atoms with van der Waals surface area (Å²) in [6.45, 7) is 5.96. The molecule has 18 heavy (non-hydrogen) atoms. The molecule has 2 heterocycles. The maximum absolute atomic E-state index is 5.52. The Morgan fingerprint density at radius 1 is 1.28 bits per heavy atom. The molecule has 1 unspecified atom stereocenters. The number of methoxy groups -OCH3 is 1. The van der Waals surface area contributed by atoms with Crippen LogP contribution in [0.3, 0.4) is 0 Å². The van der Waals surface area contributed by atoms with Crippen LogP contribution >= 0.6 is 0 Å². The van der Waals surface area contributed by atoms with E-state index in [-0.39, 0.29) is 6.04 Å². The summed E-state index contributed by atoms with van der Waals surface area (Å²) >= 11 is 0. The zero-order chi connectivity index (χ0) is 13.1. The van der Waals surface area contributed by atoms with Gasteiger partial charge in [-0.2, -0.15) is 0 Å². The van der Waals surface area contributed by atoms with E-state index in [9.17, 15) is 0 Å². The molecular weight excluding hydrogens is 230 g/mol. The number of ether oxygens (including phenoxy) is 1. The van der Waals surface area contributed by atoms with Crippen molar-refractivity contribution in [1.29, 1.82) is 0 Å². The Hall–Kier alpha value is -2.04. The van der Waals surface area contributed by atoms with E-state index in [1.807, 2.05) is 19.9 Å². The number of nitrogens with zero attached hydrogens (tertiary/aromatic N) is 2. The van der Waals surface area contributed by atoms with Gasteiger partial charge < -0.3 is 14.5 Å². The number of furan rings is 1. The molecular formula is C13H17N3O2. The van der Waals surface area contributed by atoms with E-state index >= 15 is 0 Å². The summed E-state index contributed by atoms with van der Waals surface area (Å²) in [6.07, 6.45) is 1.47. The summed E-state index contributed by atoms with van der Waals surface area (Å²) in [7, 11) is 1.58. The summed E-state index contributed by atoms with van der Waals surface area (Å²) in [4.78, 5) is 8.12. The highest BCUT2D eigenvalue weighted by Gasteiger charge is 2.13. The smallest absolute Gasteiger partial charge is 0.218 e. The lowest BCUT2D eigenvalue weighted by Crippen LogP contribution is -2.08. The second-order valence-electron chi connectivity index (χ2n) is 4.18. The minimum absolute atomic E-state index is 0.113. The fourth-order valence-corrected chi connectivity index (χ4v) is 1.91. The molecule has 2 aromatic heterocycles. The van der Waals surface area contributed by atoms with Gasteiger partial charge in [-0.25, -0.2) is 9.97 Å². The van der Waals surface area contributed by atoms with Gasteiger partial charge in [-0.15, -0.1) is 0 Å². The Bertz CT molecular complexity index is 537. The number of nitrogens with one attached hydrogen (secondary N) is 1. The first-order valence-corrected chi connectivity index (χ1v) is 5.79. The molecule has 2 aromatic rings. The zero-order valence-corrected chi connectivity index (χ0v) is 11.0. The monoisotopic (exact) mass is 247 g/mol. The lowest BCUT2D eigenvalue weighted by atomic mass is 10.1. The van der Waals surface area contributed by atoms with E-state index < -0.39 is 0 Å². The van der Waals surface area contributed by atoms with E-state index in [0.29, 0.717) is 5.88 Å². The van der Waals surface area contributed by atoms with Gasteiger partial charge in [0, 0.05) is 11.6 Å². The van der Waals surface area contributed by atoms with Gasteiger partial charge in [0.25, 0.3) is 0 Å². The number of aryl methyl sites for hydroxylation is 2. The summed E-state index contributed by atoms with van der Waals surface area (Å²) in [5, 5.41) is 3.30. The summed E-state index contributed by atoms with van der Waals surface area (Å²) in [5.74, 6) is 3.11. The van der Waals surface area contributed by atoms with Crippen LogP contribution in [-0.4, -0.2) is 17.1 Å². The van der Waals surface area contributed by atoms with Crippen molar-refractivity contribution in [2.45, 2.75) is 26.8 Å². The van der Waals surface area contributed by atoms with Crippen molar-refractivity contribution in [3.63, 3.8) is 0 Å². The quantitative estimate of drug-likeness (QED) is 0.900. The molecule has 0 saturated carbocycles. The minimum Gasteiger partial charge on any atom is -0.481 e. The third kappa shape index (κ3) is 2.61. The number of hydrogen-bond acceptors (Lipinski definition) is 5. The van der Waals surface area contributed by atoms with Gasteiger partial charge in [0.05, 0.1) is 13.2 Å². The van der Waals surface area contributed by atoms with Gasteiger partial charge >= 0.3 is 0 Å². The number of anilines is 1. The third-order valence-corrected chi connectivity index (χ3v) is 2.76. The zero-order valence-electron chi connectivity index (χ0n) is 11.0. The molecule has 2 rings (SSSR count). The van der Waals surface area contributed by atoms with Crippen molar-refractivity contribution >= 4 is 5.82 Å². The first-order chi connectivity index (χ1) is 8.60. The average molecular weight is 247 g/mol. The Kier molecular flexibility index (Phi) is 3.50. The van der Waals surface area contributed by atoms with Crippen LogP contribution in [0.1, 0.15) is 30.0 Å². The molecule has 0 bridgehead atoms. The molecule has 0 aliphatic rings. The van der Waals surface area contributed by atoms with Crippen LogP contribution in [0.5, 0.6) is 5.88 Å². The molecule has 0 radical (unpaired) electrons. The van der Waals surface area contributed by atoms with Crippen molar-refractivity contribution in [2.75, 3.05) is 12.4 Å². The van der Waals surface area contributed by atoms with E-state index in [1.165, 1.54) is 6.33 Å². The van der Waals surface area contributed by atoms with Crippen LogP contribution < -0.4 is 10.1 Å². The van der Waals surface area contributed by atoms with E-state index in [2.05, 4.69) is 22.2 Å². The second-order valence-corrected chi connectivity index (χ2v) is 4.18. The topological polar surface area (TPSA) is 60.2 Å².